The van der Waals surface area contributed by atoms with Crippen LogP contribution in [-0.4, -0.2) is 9.97 Å². The summed E-state index contributed by atoms with van der Waals surface area (Å²) < 4.78 is 13.1. The minimum absolute atomic E-state index is 0.0301. The SMILES string of the molecule is Nc1nc(Cl)cc(Nc2cc(F)cc(Cl)c2)n1. The Morgan fingerprint density at radius 2 is 1.88 bits per heavy atom. The van der Waals surface area contributed by atoms with Crippen LogP contribution in [0.2, 0.25) is 10.2 Å². The Morgan fingerprint density at radius 1 is 1.12 bits per heavy atom. The number of anilines is 3. The number of nitrogen functional groups attached to an aromatic ring is 1. The number of nitrogens with one attached hydrogen (secondary N) is 1. The molecule has 0 fully saturated rings. The molecule has 1 aromatic heterocycles. The van der Waals surface area contributed by atoms with E-state index in [4.69, 9.17) is 28.9 Å². The van der Waals surface area contributed by atoms with Crippen LogP contribution in [0.3, 0.4) is 0 Å². The van der Waals surface area contributed by atoms with Crippen LogP contribution in [0.25, 0.3) is 0 Å². The highest BCUT2D eigenvalue weighted by molar-refractivity contribution is 6.31. The molecule has 3 N–H and O–H groups in total. The van der Waals surface area contributed by atoms with Gasteiger partial charge in [-0.1, -0.05) is 23.2 Å². The van der Waals surface area contributed by atoms with E-state index in [2.05, 4.69) is 15.3 Å². The molecular formula is C10H7Cl2FN4. The zero-order valence-corrected chi connectivity index (χ0v) is 9.93. The van der Waals surface area contributed by atoms with Gasteiger partial charge in [-0.3, -0.25) is 0 Å². The highest BCUT2D eigenvalue weighted by atomic mass is 35.5. The molecule has 1 heterocycles. The molecule has 0 bridgehead atoms. The largest absolute Gasteiger partial charge is 0.368 e. The molecule has 17 heavy (non-hydrogen) atoms. The minimum atomic E-state index is -0.451. The van der Waals surface area contributed by atoms with E-state index in [-0.39, 0.29) is 16.1 Å². The molecule has 0 amide bonds. The summed E-state index contributed by atoms with van der Waals surface area (Å²) in [5, 5.41) is 3.30. The molecule has 2 rings (SSSR count). The topological polar surface area (TPSA) is 63.8 Å². The lowest BCUT2D eigenvalue weighted by Crippen LogP contribution is -2.00. The van der Waals surface area contributed by atoms with Crippen molar-refractivity contribution in [3.8, 4) is 0 Å². The standard InChI is InChI=1S/C10H7Cl2FN4/c11-5-1-6(13)3-7(2-5)15-9-4-8(12)16-10(14)17-9/h1-4H,(H3,14,15,16,17). The van der Waals surface area contributed by atoms with Crippen molar-refractivity contribution in [3.05, 3.63) is 40.3 Å². The molecule has 0 saturated heterocycles. The zero-order chi connectivity index (χ0) is 12.4. The van der Waals surface area contributed by atoms with Gasteiger partial charge in [0.2, 0.25) is 5.95 Å². The lowest BCUT2D eigenvalue weighted by Gasteiger charge is -2.06. The molecule has 2 aromatic rings. The molecule has 0 atom stereocenters. The predicted octanol–water partition coefficient (Wildman–Crippen LogP) is 3.25. The van der Waals surface area contributed by atoms with Crippen molar-refractivity contribution in [2.45, 2.75) is 0 Å². The molecule has 4 nitrogen and oxygen atoms in total. The predicted molar refractivity (Wildman–Crippen MR) is 66.1 cm³/mol. The maximum atomic E-state index is 13.1. The van der Waals surface area contributed by atoms with Crippen molar-refractivity contribution in [2.24, 2.45) is 0 Å². The average molecular weight is 273 g/mol. The number of aromatic nitrogens is 2. The summed E-state index contributed by atoms with van der Waals surface area (Å²) in [6.07, 6.45) is 0. The average Bonchev–Trinajstić information content (AvgIpc) is 2.13. The normalized spacial score (nSPS) is 10.3. The van der Waals surface area contributed by atoms with E-state index in [9.17, 15) is 4.39 Å². The maximum Gasteiger partial charge on any atom is 0.223 e. The molecule has 0 saturated carbocycles. The first-order valence-electron chi connectivity index (χ1n) is 4.56. The van der Waals surface area contributed by atoms with E-state index in [0.717, 1.165) is 0 Å². The number of nitrogens with zero attached hydrogens (tertiary/aromatic N) is 2. The van der Waals surface area contributed by atoms with Crippen molar-refractivity contribution < 1.29 is 4.39 Å². The van der Waals surface area contributed by atoms with Gasteiger partial charge in [-0.25, -0.2) is 9.37 Å². The summed E-state index contributed by atoms with van der Waals surface area (Å²) in [4.78, 5) is 7.60. The third-order valence-electron chi connectivity index (χ3n) is 1.85. The molecule has 7 heteroatoms. The molecule has 1 aromatic carbocycles. The van der Waals surface area contributed by atoms with Crippen molar-refractivity contribution in [3.63, 3.8) is 0 Å². The third kappa shape index (κ3) is 3.18. The third-order valence-corrected chi connectivity index (χ3v) is 2.26. The Hall–Kier alpha value is -1.59. The van der Waals surface area contributed by atoms with Crippen LogP contribution in [0.5, 0.6) is 0 Å². The van der Waals surface area contributed by atoms with Gasteiger partial charge in [0.1, 0.15) is 16.8 Å². The number of hydrogen-bond acceptors (Lipinski definition) is 4. The first-order valence-corrected chi connectivity index (χ1v) is 5.32. The quantitative estimate of drug-likeness (QED) is 0.824. The Labute approximate surface area is 107 Å². The second-order valence-corrected chi connectivity index (χ2v) is 4.04. The first kappa shape index (κ1) is 11.9. The van der Waals surface area contributed by atoms with Gasteiger partial charge in [0, 0.05) is 16.8 Å². The number of rotatable bonds is 2. The summed E-state index contributed by atoms with van der Waals surface area (Å²) in [5.74, 6) is -0.0557. The Bertz CT molecular complexity index is 472. The van der Waals surface area contributed by atoms with Gasteiger partial charge in [0.25, 0.3) is 0 Å². The fourth-order valence-corrected chi connectivity index (χ4v) is 1.68. The lowest BCUT2D eigenvalue weighted by molar-refractivity contribution is 0.628. The fraction of sp³-hybridized carbons (Fsp3) is 0. The molecule has 0 aliphatic carbocycles. The van der Waals surface area contributed by atoms with E-state index in [0.29, 0.717) is 11.5 Å². The van der Waals surface area contributed by atoms with Gasteiger partial charge in [-0.15, -0.1) is 0 Å². The molecule has 88 valence electrons. The summed E-state index contributed by atoms with van der Waals surface area (Å²) >= 11 is 11.4. The molecule has 0 aliphatic heterocycles. The molecule has 0 radical (unpaired) electrons. The second kappa shape index (κ2) is 4.73. The van der Waals surface area contributed by atoms with Crippen LogP contribution >= 0.6 is 23.2 Å². The number of nitrogens with two attached hydrogens (primary N) is 1. The van der Waals surface area contributed by atoms with Gasteiger partial charge in [0.05, 0.1) is 0 Å². The van der Waals surface area contributed by atoms with Crippen molar-refractivity contribution >= 4 is 40.7 Å². The van der Waals surface area contributed by atoms with Gasteiger partial charge in [0.15, 0.2) is 0 Å². The molecule has 0 aliphatic rings. The van der Waals surface area contributed by atoms with Gasteiger partial charge in [-0.05, 0) is 18.2 Å². The molecule has 0 spiro atoms. The van der Waals surface area contributed by atoms with Crippen LogP contribution in [0.1, 0.15) is 0 Å². The summed E-state index contributed by atoms with van der Waals surface area (Å²) in [7, 11) is 0. The van der Waals surface area contributed by atoms with E-state index < -0.39 is 5.82 Å². The number of hydrogen-bond donors (Lipinski definition) is 2. The Kier molecular flexibility index (Phi) is 3.31. The zero-order valence-electron chi connectivity index (χ0n) is 8.42. The summed E-state index contributed by atoms with van der Waals surface area (Å²) in [5.41, 5.74) is 5.87. The molecule has 0 unspecified atom stereocenters. The van der Waals surface area contributed by atoms with Crippen molar-refractivity contribution in [2.75, 3.05) is 11.1 Å². The fourth-order valence-electron chi connectivity index (χ4n) is 1.27. The highest BCUT2D eigenvalue weighted by Crippen LogP contribution is 2.22. The van der Waals surface area contributed by atoms with E-state index in [1.165, 1.54) is 18.2 Å². The van der Waals surface area contributed by atoms with E-state index in [1.54, 1.807) is 6.07 Å². The Morgan fingerprint density at radius 3 is 2.53 bits per heavy atom. The molecular weight excluding hydrogens is 266 g/mol. The van der Waals surface area contributed by atoms with Gasteiger partial charge >= 0.3 is 0 Å². The van der Waals surface area contributed by atoms with Crippen LogP contribution < -0.4 is 11.1 Å². The van der Waals surface area contributed by atoms with Crippen LogP contribution in [0.4, 0.5) is 21.8 Å². The smallest absolute Gasteiger partial charge is 0.223 e. The van der Waals surface area contributed by atoms with Gasteiger partial charge < -0.3 is 11.1 Å². The van der Waals surface area contributed by atoms with Gasteiger partial charge in [-0.2, -0.15) is 4.98 Å². The van der Waals surface area contributed by atoms with Crippen LogP contribution in [0, 0.1) is 5.82 Å². The number of benzene rings is 1. The summed E-state index contributed by atoms with van der Waals surface area (Å²) in [6.45, 7) is 0. The maximum absolute atomic E-state index is 13.1. The van der Waals surface area contributed by atoms with Crippen LogP contribution in [-0.2, 0) is 0 Å². The van der Waals surface area contributed by atoms with Crippen molar-refractivity contribution in [1.82, 2.24) is 9.97 Å². The van der Waals surface area contributed by atoms with E-state index in [1.807, 2.05) is 0 Å². The second-order valence-electron chi connectivity index (χ2n) is 3.22. The lowest BCUT2D eigenvalue weighted by atomic mass is 10.3. The first-order chi connectivity index (χ1) is 8.02. The van der Waals surface area contributed by atoms with E-state index >= 15 is 0 Å². The number of halogens is 3. The van der Waals surface area contributed by atoms with Crippen molar-refractivity contribution in [1.29, 1.82) is 0 Å². The minimum Gasteiger partial charge on any atom is -0.368 e. The monoisotopic (exact) mass is 272 g/mol. The summed E-state index contributed by atoms with van der Waals surface area (Å²) in [6, 6.07) is 5.50. The van der Waals surface area contributed by atoms with Crippen LogP contribution in [0.15, 0.2) is 24.3 Å². The Balaban J connectivity index is 2.31. The highest BCUT2D eigenvalue weighted by Gasteiger charge is 2.03.